The van der Waals surface area contributed by atoms with Crippen molar-refractivity contribution in [3.05, 3.63) is 42.0 Å². The summed E-state index contributed by atoms with van der Waals surface area (Å²) in [5, 5.41) is 20.6. The molecule has 3 rings (SSSR count). The van der Waals surface area contributed by atoms with Crippen molar-refractivity contribution in [2.75, 3.05) is 32.1 Å². The van der Waals surface area contributed by atoms with E-state index in [4.69, 9.17) is 4.74 Å². The number of carbonyl (C=O) groups is 2. The molecule has 0 saturated heterocycles. The van der Waals surface area contributed by atoms with E-state index in [1.54, 1.807) is 35.8 Å². The topological polar surface area (TPSA) is 113 Å². The summed E-state index contributed by atoms with van der Waals surface area (Å²) in [4.78, 5) is 28.8. The fourth-order valence-electron chi connectivity index (χ4n) is 3.83. The predicted octanol–water partition coefficient (Wildman–Crippen LogP) is 2.11. The lowest BCUT2D eigenvalue weighted by Gasteiger charge is -2.35. The number of halogens is 1. The van der Waals surface area contributed by atoms with E-state index in [1.807, 2.05) is 6.92 Å². The number of anilines is 1. The zero-order valence-corrected chi connectivity index (χ0v) is 19.9. The minimum Gasteiger partial charge on any atom is -0.394 e. The van der Waals surface area contributed by atoms with Crippen molar-refractivity contribution in [1.29, 1.82) is 0 Å². The molecule has 1 aliphatic heterocycles. The largest absolute Gasteiger partial charge is 0.394 e. The second-order valence-corrected chi connectivity index (χ2v) is 8.80. The molecule has 2 heterocycles. The molecule has 0 fully saturated rings. The van der Waals surface area contributed by atoms with E-state index in [1.165, 1.54) is 23.1 Å². The Labute approximate surface area is 198 Å². The Morgan fingerprint density at radius 2 is 2.24 bits per heavy atom. The van der Waals surface area contributed by atoms with E-state index < -0.39 is 18.0 Å². The van der Waals surface area contributed by atoms with Crippen LogP contribution in [0.4, 0.5) is 14.9 Å². The monoisotopic (exact) mass is 476 g/mol. The molecule has 2 aromatic rings. The van der Waals surface area contributed by atoms with Gasteiger partial charge in [0.1, 0.15) is 11.5 Å². The number of nitrogens with zero attached hydrogens (tertiary/aromatic N) is 5. The molecule has 1 aromatic heterocycles. The highest BCUT2D eigenvalue weighted by atomic mass is 19.1. The van der Waals surface area contributed by atoms with Gasteiger partial charge in [-0.25, -0.2) is 9.18 Å². The number of aromatic nitrogens is 3. The number of urea groups is 1. The molecule has 0 unspecified atom stereocenters. The quantitative estimate of drug-likeness (QED) is 0.684. The standard InChI is InChI=1S/C23H33FN6O4/c1-16-11-30(17(2)14-31)22(32)8-5-9-29-12-20(26-27-29)15-34-21(16)13-28(3)23(33)25-19-7-4-6-18(24)10-19/h4,6-7,10,12,16-17,21,31H,5,8-9,11,13-15H2,1-3H3,(H,25,33)/t16-,17+,21+/m0/s1. The molecule has 0 radical (unpaired) electrons. The van der Waals surface area contributed by atoms with E-state index in [9.17, 15) is 19.1 Å². The molecule has 2 bridgehead atoms. The normalized spacial score (nSPS) is 20.6. The SMILES string of the molecule is C[C@H](CO)N1C[C@H](C)[C@@H](CN(C)C(=O)Nc2cccc(F)c2)OCc2cn(nn2)CCCC1=O. The number of rotatable bonds is 5. The van der Waals surface area contributed by atoms with E-state index in [0.717, 1.165) is 0 Å². The molecular weight excluding hydrogens is 443 g/mol. The Kier molecular flexibility index (Phi) is 8.94. The Morgan fingerprint density at radius 1 is 1.44 bits per heavy atom. The first-order chi connectivity index (χ1) is 16.3. The lowest BCUT2D eigenvalue weighted by molar-refractivity contribution is -0.136. The molecule has 0 saturated carbocycles. The molecule has 0 aliphatic carbocycles. The maximum Gasteiger partial charge on any atom is 0.321 e. The van der Waals surface area contributed by atoms with Gasteiger partial charge >= 0.3 is 6.03 Å². The number of benzene rings is 1. The number of carbonyl (C=O) groups excluding carboxylic acids is 2. The van der Waals surface area contributed by atoms with Crippen molar-refractivity contribution in [2.24, 2.45) is 5.92 Å². The molecule has 3 amide bonds. The van der Waals surface area contributed by atoms with Gasteiger partial charge in [-0.3, -0.25) is 9.48 Å². The van der Waals surface area contributed by atoms with Crippen LogP contribution in [0, 0.1) is 11.7 Å². The maximum atomic E-state index is 13.5. The average molecular weight is 477 g/mol. The number of hydrogen-bond acceptors (Lipinski definition) is 6. The molecule has 186 valence electrons. The van der Waals surface area contributed by atoms with Gasteiger partial charge in [-0.15, -0.1) is 5.10 Å². The van der Waals surface area contributed by atoms with Crippen LogP contribution in [0.3, 0.4) is 0 Å². The van der Waals surface area contributed by atoms with Gasteiger partial charge in [0.2, 0.25) is 5.91 Å². The van der Waals surface area contributed by atoms with Crippen LogP contribution in [-0.4, -0.2) is 80.7 Å². The highest BCUT2D eigenvalue weighted by Gasteiger charge is 2.28. The smallest absolute Gasteiger partial charge is 0.321 e. The van der Waals surface area contributed by atoms with Crippen LogP contribution >= 0.6 is 0 Å². The van der Waals surface area contributed by atoms with Crippen molar-refractivity contribution >= 4 is 17.6 Å². The summed E-state index contributed by atoms with van der Waals surface area (Å²) in [7, 11) is 1.63. The molecule has 34 heavy (non-hydrogen) atoms. The number of aliphatic hydroxyl groups is 1. The van der Waals surface area contributed by atoms with Gasteiger partial charge in [0.05, 0.1) is 31.6 Å². The van der Waals surface area contributed by atoms with Gasteiger partial charge in [0.15, 0.2) is 0 Å². The van der Waals surface area contributed by atoms with Crippen LogP contribution in [0.2, 0.25) is 0 Å². The summed E-state index contributed by atoms with van der Waals surface area (Å²) in [6.45, 7) is 4.97. The molecule has 1 aromatic carbocycles. The third-order valence-corrected chi connectivity index (χ3v) is 5.92. The van der Waals surface area contributed by atoms with Crippen molar-refractivity contribution < 1.29 is 23.8 Å². The van der Waals surface area contributed by atoms with Gasteiger partial charge in [-0.2, -0.15) is 0 Å². The third kappa shape index (κ3) is 6.97. The highest BCUT2D eigenvalue weighted by molar-refractivity contribution is 5.89. The molecular formula is C23H33FN6O4. The van der Waals surface area contributed by atoms with Crippen LogP contribution < -0.4 is 5.32 Å². The number of ether oxygens (including phenoxy) is 1. The number of aliphatic hydroxyl groups excluding tert-OH is 1. The van der Waals surface area contributed by atoms with Gasteiger partial charge < -0.3 is 25.0 Å². The average Bonchev–Trinajstić information content (AvgIpc) is 3.26. The Hall–Kier alpha value is -3.05. The summed E-state index contributed by atoms with van der Waals surface area (Å²) < 4.78 is 21.3. The van der Waals surface area contributed by atoms with Crippen LogP contribution in [-0.2, 0) is 22.7 Å². The Balaban J connectivity index is 1.75. The molecule has 2 N–H and O–H groups in total. The number of likely N-dealkylation sites (N-methyl/N-ethyl adjacent to an activating group) is 1. The second-order valence-electron chi connectivity index (χ2n) is 8.80. The minimum absolute atomic E-state index is 0.0519. The van der Waals surface area contributed by atoms with Gasteiger partial charge in [0, 0.05) is 44.7 Å². The van der Waals surface area contributed by atoms with Crippen molar-refractivity contribution in [3.8, 4) is 0 Å². The first-order valence-electron chi connectivity index (χ1n) is 11.5. The first-order valence-corrected chi connectivity index (χ1v) is 11.5. The van der Waals surface area contributed by atoms with Crippen molar-refractivity contribution in [1.82, 2.24) is 24.8 Å². The Morgan fingerprint density at radius 3 is 2.97 bits per heavy atom. The van der Waals surface area contributed by atoms with Crippen LogP contribution in [0.5, 0.6) is 0 Å². The summed E-state index contributed by atoms with van der Waals surface area (Å²) in [5.41, 5.74) is 1.01. The summed E-state index contributed by atoms with van der Waals surface area (Å²) >= 11 is 0. The van der Waals surface area contributed by atoms with Crippen LogP contribution in [0.1, 0.15) is 32.4 Å². The van der Waals surface area contributed by atoms with Crippen LogP contribution in [0.15, 0.2) is 30.5 Å². The number of amides is 3. The van der Waals surface area contributed by atoms with Crippen LogP contribution in [0.25, 0.3) is 0 Å². The third-order valence-electron chi connectivity index (χ3n) is 5.92. The fraction of sp³-hybridized carbons (Fsp3) is 0.565. The number of fused-ring (bicyclic) bond motifs is 2. The van der Waals surface area contributed by atoms with Crippen molar-refractivity contribution in [3.63, 3.8) is 0 Å². The molecule has 1 aliphatic rings. The Bertz CT molecular complexity index is 970. The molecule has 11 heteroatoms. The number of aryl methyl sites for hydroxylation is 1. The van der Waals surface area contributed by atoms with E-state index in [-0.39, 0.29) is 37.6 Å². The number of hydrogen-bond donors (Lipinski definition) is 2. The lowest BCUT2D eigenvalue weighted by Crippen LogP contribution is -2.48. The summed E-state index contributed by atoms with van der Waals surface area (Å²) in [5.74, 6) is -0.648. The van der Waals surface area contributed by atoms with Gasteiger partial charge in [-0.05, 0) is 31.5 Å². The molecule has 10 nitrogen and oxygen atoms in total. The molecule has 0 spiro atoms. The minimum atomic E-state index is -0.441. The van der Waals surface area contributed by atoms with Gasteiger partial charge in [0.25, 0.3) is 0 Å². The first kappa shape index (κ1) is 25.6. The summed E-state index contributed by atoms with van der Waals surface area (Å²) in [6, 6.07) is 4.92. The summed E-state index contributed by atoms with van der Waals surface area (Å²) in [6.07, 6.45) is 2.29. The second kappa shape index (κ2) is 11.9. The van der Waals surface area contributed by atoms with E-state index >= 15 is 0 Å². The lowest BCUT2D eigenvalue weighted by atomic mass is 10.0. The maximum absolute atomic E-state index is 13.5. The highest BCUT2D eigenvalue weighted by Crippen LogP contribution is 2.18. The fourth-order valence-corrected chi connectivity index (χ4v) is 3.83. The zero-order chi connectivity index (χ0) is 24.7. The number of nitrogens with one attached hydrogen (secondary N) is 1. The zero-order valence-electron chi connectivity index (χ0n) is 19.9. The predicted molar refractivity (Wildman–Crippen MR) is 123 cm³/mol. The van der Waals surface area contributed by atoms with E-state index in [2.05, 4.69) is 15.6 Å². The van der Waals surface area contributed by atoms with Gasteiger partial charge in [-0.1, -0.05) is 18.2 Å². The van der Waals surface area contributed by atoms with Crippen molar-refractivity contribution in [2.45, 2.75) is 52.0 Å². The molecule has 3 atom stereocenters. The van der Waals surface area contributed by atoms with E-state index in [0.29, 0.717) is 37.3 Å².